The molecule has 0 aromatic rings. The molecule has 52 valence electrons. The first-order chi connectivity index (χ1) is 4.14. The molecular formula is C4H9ClN2OSi. The smallest absolute Gasteiger partial charge is 0.293 e. The number of rotatable bonds is 1. The van der Waals surface area contributed by atoms with Gasteiger partial charge in [-0.1, -0.05) is 0 Å². The van der Waals surface area contributed by atoms with Gasteiger partial charge in [-0.15, -0.1) is 11.6 Å². The molecule has 0 spiro atoms. The van der Waals surface area contributed by atoms with Gasteiger partial charge in [-0.25, -0.2) is 0 Å². The van der Waals surface area contributed by atoms with Crippen molar-refractivity contribution in [3.63, 3.8) is 0 Å². The van der Waals surface area contributed by atoms with E-state index in [1.807, 2.05) is 13.1 Å². The summed E-state index contributed by atoms with van der Waals surface area (Å²) in [6.07, 6.45) is 0. The maximum absolute atomic E-state index is 5.48. The van der Waals surface area contributed by atoms with Crippen molar-refractivity contribution in [2.24, 2.45) is 4.66 Å². The molecule has 0 atom stereocenters. The van der Waals surface area contributed by atoms with Crippen LogP contribution in [0, 0.1) is 0 Å². The molecule has 0 aromatic carbocycles. The van der Waals surface area contributed by atoms with Gasteiger partial charge in [0.15, 0.2) is 0 Å². The summed E-state index contributed by atoms with van der Waals surface area (Å²) in [5.41, 5.74) is 2.68. The van der Waals surface area contributed by atoms with E-state index >= 15 is 0 Å². The van der Waals surface area contributed by atoms with Crippen molar-refractivity contribution in [1.82, 2.24) is 5.48 Å². The second-order valence-corrected chi connectivity index (χ2v) is 5.93. The number of nitrogens with one attached hydrogen (secondary N) is 1. The molecule has 1 aliphatic heterocycles. The van der Waals surface area contributed by atoms with Crippen LogP contribution in [0.4, 0.5) is 0 Å². The molecule has 1 rings (SSSR count). The number of hydrogen-bond acceptors (Lipinski definition) is 3. The standard InChI is InChI=1S/C4H9ClN2OSi/c1-9(2)7-4(3-5)6-8-9/h3H2,1-2H3,(H,6,7). The van der Waals surface area contributed by atoms with Gasteiger partial charge in [-0.3, -0.25) is 14.7 Å². The second kappa shape index (κ2) is 2.28. The van der Waals surface area contributed by atoms with Crippen LogP contribution in [-0.4, -0.2) is 20.2 Å². The summed E-state index contributed by atoms with van der Waals surface area (Å²) in [5, 5.41) is 0. The van der Waals surface area contributed by atoms with E-state index in [9.17, 15) is 0 Å². The van der Waals surface area contributed by atoms with E-state index < -0.39 is 8.48 Å². The number of hydrogen-bond donors (Lipinski definition) is 1. The summed E-state index contributed by atoms with van der Waals surface area (Å²) in [5.74, 6) is 1.17. The van der Waals surface area contributed by atoms with E-state index in [2.05, 4.69) is 10.1 Å². The van der Waals surface area contributed by atoms with Crippen molar-refractivity contribution >= 4 is 25.9 Å². The van der Waals surface area contributed by atoms with Crippen LogP contribution in [0.15, 0.2) is 4.66 Å². The maximum Gasteiger partial charge on any atom is 0.344 e. The third-order valence-corrected chi connectivity index (χ3v) is 2.61. The second-order valence-electron chi connectivity index (χ2n) is 2.34. The highest BCUT2D eigenvalue weighted by molar-refractivity contribution is 6.71. The average molecular weight is 165 g/mol. The Kier molecular flexibility index (Phi) is 1.79. The average Bonchev–Trinajstić information content (AvgIpc) is 2.10. The summed E-state index contributed by atoms with van der Waals surface area (Å²) in [7, 11) is -1.73. The molecule has 0 aliphatic carbocycles. The fourth-order valence-electron chi connectivity index (χ4n) is 0.612. The first-order valence-corrected chi connectivity index (χ1v) is 6.12. The lowest BCUT2D eigenvalue weighted by Gasteiger charge is -2.05. The molecule has 1 heterocycles. The molecule has 0 amide bonds. The van der Waals surface area contributed by atoms with Gasteiger partial charge in [0.05, 0.1) is 5.88 Å². The van der Waals surface area contributed by atoms with Crippen molar-refractivity contribution < 1.29 is 4.53 Å². The van der Waals surface area contributed by atoms with Gasteiger partial charge in [-0.2, -0.15) is 0 Å². The third-order valence-electron chi connectivity index (χ3n) is 0.949. The van der Waals surface area contributed by atoms with Crippen LogP contribution in [-0.2, 0) is 4.53 Å². The molecule has 0 radical (unpaired) electrons. The Morgan fingerprint density at radius 3 is 2.67 bits per heavy atom. The lowest BCUT2D eigenvalue weighted by Crippen LogP contribution is -2.27. The summed E-state index contributed by atoms with van der Waals surface area (Å²) in [4.78, 5) is 0. The molecule has 0 unspecified atom stereocenters. The molecule has 9 heavy (non-hydrogen) atoms. The molecule has 3 nitrogen and oxygen atoms in total. The first kappa shape index (κ1) is 7.05. The van der Waals surface area contributed by atoms with Gasteiger partial charge in [0.25, 0.3) is 0 Å². The van der Waals surface area contributed by atoms with Crippen LogP contribution in [0.1, 0.15) is 0 Å². The minimum absolute atomic E-state index is 0.413. The lowest BCUT2D eigenvalue weighted by molar-refractivity contribution is 0.267. The van der Waals surface area contributed by atoms with Crippen LogP contribution in [0.25, 0.3) is 0 Å². The Labute approximate surface area is 60.2 Å². The molecule has 0 fully saturated rings. The molecule has 1 N–H and O–H groups in total. The Morgan fingerprint density at radius 2 is 2.44 bits per heavy atom. The highest BCUT2D eigenvalue weighted by Crippen LogP contribution is 2.09. The van der Waals surface area contributed by atoms with E-state index in [1.54, 1.807) is 0 Å². The van der Waals surface area contributed by atoms with Crippen LogP contribution in [0.3, 0.4) is 0 Å². The molecule has 0 saturated carbocycles. The molecule has 0 aromatic heterocycles. The summed E-state index contributed by atoms with van der Waals surface area (Å²) in [6.45, 7) is 4.00. The number of nitrogens with zero attached hydrogens (tertiary/aromatic N) is 1. The Balaban J connectivity index is 2.61. The fraction of sp³-hybridized carbons (Fsp3) is 0.750. The Bertz CT molecular complexity index is 148. The van der Waals surface area contributed by atoms with Crippen LogP contribution in [0.2, 0.25) is 13.1 Å². The zero-order valence-corrected chi connectivity index (χ0v) is 7.20. The summed E-state index contributed by atoms with van der Waals surface area (Å²) in [6, 6.07) is 0. The predicted molar refractivity (Wildman–Crippen MR) is 39.9 cm³/mol. The van der Waals surface area contributed by atoms with E-state index in [0.717, 1.165) is 5.84 Å². The van der Waals surface area contributed by atoms with Crippen molar-refractivity contribution in [2.45, 2.75) is 13.1 Å². The Hall–Kier alpha value is -0.0631. The normalized spacial score (nSPS) is 23.2. The monoisotopic (exact) mass is 164 g/mol. The summed E-state index contributed by atoms with van der Waals surface area (Å²) >= 11 is 5.48. The van der Waals surface area contributed by atoms with Crippen molar-refractivity contribution in [3.8, 4) is 0 Å². The van der Waals surface area contributed by atoms with Gasteiger partial charge in [-0.05, 0) is 13.1 Å². The highest BCUT2D eigenvalue weighted by Gasteiger charge is 2.29. The van der Waals surface area contributed by atoms with Gasteiger partial charge >= 0.3 is 8.48 Å². The Morgan fingerprint density at radius 1 is 1.78 bits per heavy atom. The molecule has 0 saturated heterocycles. The van der Waals surface area contributed by atoms with Gasteiger partial charge in [0.1, 0.15) is 5.84 Å². The number of hydroxylamine groups is 1. The maximum atomic E-state index is 5.48. The topological polar surface area (TPSA) is 33.6 Å². The first-order valence-electron chi connectivity index (χ1n) is 2.73. The minimum Gasteiger partial charge on any atom is -0.293 e. The molecule has 0 bridgehead atoms. The zero-order valence-electron chi connectivity index (χ0n) is 5.44. The quantitative estimate of drug-likeness (QED) is 0.461. The highest BCUT2D eigenvalue weighted by atomic mass is 35.5. The zero-order chi connectivity index (χ0) is 6.91. The molecular weight excluding hydrogens is 156 g/mol. The predicted octanol–water partition coefficient (Wildman–Crippen LogP) is 0.860. The van der Waals surface area contributed by atoms with E-state index in [4.69, 9.17) is 16.1 Å². The number of amidine groups is 1. The van der Waals surface area contributed by atoms with Crippen molar-refractivity contribution in [2.75, 3.05) is 5.88 Å². The molecule has 1 aliphatic rings. The van der Waals surface area contributed by atoms with Gasteiger partial charge in [0.2, 0.25) is 0 Å². The van der Waals surface area contributed by atoms with Crippen molar-refractivity contribution in [1.29, 1.82) is 0 Å². The lowest BCUT2D eigenvalue weighted by atomic mass is 10.7. The van der Waals surface area contributed by atoms with Crippen LogP contribution in [0.5, 0.6) is 0 Å². The summed E-state index contributed by atoms with van der Waals surface area (Å²) < 4.78 is 9.37. The largest absolute Gasteiger partial charge is 0.344 e. The fourth-order valence-corrected chi connectivity index (χ4v) is 2.01. The number of halogens is 1. The van der Waals surface area contributed by atoms with Crippen LogP contribution >= 0.6 is 11.6 Å². The van der Waals surface area contributed by atoms with E-state index in [1.165, 1.54) is 0 Å². The third kappa shape index (κ3) is 1.67. The minimum atomic E-state index is -1.73. The van der Waals surface area contributed by atoms with Gasteiger partial charge < -0.3 is 0 Å². The van der Waals surface area contributed by atoms with E-state index in [-0.39, 0.29) is 0 Å². The molecule has 5 heteroatoms. The SMILES string of the molecule is C[Si]1(C)N=C(CCl)NO1. The van der Waals surface area contributed by atoms with Gasteiger partial charge in [0, 0.05) is 0 Å². The number of alkyl halides is 1. The van der Waals surface area contributed by atoms with Crippen molar-refractivity contribution in [3.05, 3.63) is 0 Å². The van der Waals surface area contributed by atoms with E-state index in [0.29, 0.717) is 5.88 Å². The van der Waals surface area contributed by atoms with Crippen LogP contribution < -0.4 is 5.48 Å².